The summed E-state index contributed by atoms with van der Waals surface area (Å²) in [6.45, 7) is 7.08. The topological polar surface area (TPSA) is 66.6 Å². The van der Waals surface area contributed by atoms with Gasteiger partial charge in [-0.05, 0) is 20.3 Å². The molecule has 84 valence electrons. The zero-order valence-corrected chi connectivity index (χ0v) is 9.42. The predicted octanol–water partition coefficient (Wildman–Crippen LogP) is 0.202. The number of hydrogen-bond acceptors (Lipinski definition) is 3. The minimum absolute atomic E-state index is 0.00634. The summed E-state index contributed by atoms with van der Waals surface area (Å²) < 4.78 is 0. The quantitative estimate of drug-likeness (QED) is 0.646. The second kappa shape index (κ2) is 5.98. The fourth-order valence-corrected chi connectivity index (χ4v) is 1.22. The maximum absolute atomic E-state index is 11.9. The van der Waals surface area contributed by atoms with Crippen LogP contribution in [0.5, 0.6) is 0 Å². The first-order chi connectivity index (χ1) is 6.49. The highest BCUT2D eigenvalue weighted by Gasteiger charge is 2.29. The number of nitrogens with zero attached hydrogens (tertiary/aromatic N) is 1. The third kappa shape index (κ3) is 3.64. The van der Waals surface area contributed by atoms with Gasteiger partial charge in [0.25, 0.3) is 0 Å². The molecular weight excluding hydrogens is 180 g/mol. The van der Waals surface area contributed by atoms with Crippen molar-refractivity contribution in [2.75, 3.05) is 26.2 Å². The summed E-state index contributed by atoms with van der Waals surface area (Å²) in [6.07, 6.45) is 0.895. The monoisotopic (exact) mass is 202 g/mol. The molecule has 0 saturated heterocycles. The molecule has 0 bridgehead atoms. The summed E-state index contributed by atoms with van der Waals surface area (Å²) in [7, 11) is 0. The average molecular weight is 202 g/mol. The Kier molecular flexibility index (Phi) is 5.72. The second-order valence-electron chi connectivity index (χ2n) is 4.10. The van der Waals surface area contributed by atoms with Gasteiger partial charge in [-0.3, -0.25) is 4.79 Å². The van der Waals surface area contributed by atoms with Crippen molar-refractivity contribution in [3.8, 4) is 0 Å². The van der Waals surface area contributed by atoms with Crippen molar-refractivity contribution in [2.45, 2.75) is 27.2 Å². The number of aliphatic hydroxyl groups excluding tert-OH is 1. The molecule has 4 heteroatoms. The molecule has 0 aromatic heterocycles. The van der Waals surface area contributed by atoms with E-state index >= 15 is 0 Å². The molecule has 0 spiro atoms. The zero-order chi connectivity index (χ0) is 11.2. The number of aliphatic hydroxyl groups is 1. The smallest absolute Gasteiger partial charge is 0.229 e. The Morgan fingerprint density at radius 3 is 2.36 bits per heavy atom. The molecule has 0 aromatic carbocycles. The van der Waals surface area contributed by atoms with Gasteiger partial charge in [0, 0.05) is 19.6 Å². The van der Waals surface area contributed by atoms with Gasteiger partial charge in [0.1, 0.15) is 0 Å². The summed E-state index contributed by atoms with van der Waals surface area (Å²) in [6, 6.07) is 0. The van der Waals surface area contributed by atoms with Gasteiger partial charge in [-0.1, -0.05) is 6.92 Å². The molecular formula is C10H22N2O2. The lowest BCUT2D eigenvalue weighted by Gasteiger charge is -2.30. The van der Waals surface area contributed by atoms with Crippen LogP contribution in [0.15, 0.2) is 0 Å². The molecule has 0 aliphatic carbocycles. The normalized spacial score (nSPS) is 11.5. The SMILES string of the molecule is CCCN(CCO)C(=O)C(C)(C)CN. The van der Waals surface area contributed by atoms with E-state index in [1.165, 1.54) is 0 Å². The number of nitrogens with two attached hydrogens (primary N) is 1. The lowest BCUT2D eigenvalue weighted by Crippen LogP contribution is -2.46. The standard InChI is InChI=1S/C10H22N2O2/c1-4-5-12(6-7-13)9(14)10(2,3)8-11/h13H,4-8,11H2,1-3H3. The summed E-state index contributed by atoms with van der Waals surface area (Å²) in [4.78, 5) is 13.6. The van der Waals surface area contributed by atoms with Crippen LogP contribution in [0, 0.1) is 5.41 Å². The van der Waals surface area contributed by atoms with Crippen molar-refractivity contribution in [1.29, 1.82) is 0 Å². The third-order valence-corrected chi connectivity index (χ3v) is 2.24. The second-order valence-corrected chi connectivity index (χ2v) is 4.10. The molecule has 0 aliphatic heterocycles. The summed E-state index contributed by atoms with van der Waals surface area (Å²) >= 11 is 0. The first kappa shape index (κ1) is 13.4. The molecule has 1 amide bonds. The Bertz CT molecular complexity index is 175. The van der Waals surface area contributed by atoms with Crippen molar-refractivity contribution in [3.05, 3.63) is 0 Å². The molecule has 0 unspecified atom stereocenters. The Hall–Kier alpha value is -0.610. The molecule has 0 aliphatic rings. The van der Waals surface area contributed by atoms with Crippen molar-refractivity contribution in [3.63, 3.8) is 0 Å². The first-order valence-electron chi connectivity index (χ1n) is 5.10. The summed E-state index contributed by atoms with van der Waals surface area (Å²) in [5.74, 6) is 0.0240. The Balaban J connectivity index is 4.41. The van der Waals surface area contributed by atoms with E-state index in [0.29, 0.717) is 19.6 Å². The van der Waals surface area contributed by atoms with E-state index in [9.17, 15) is 4.79 Å². The van der Waals surface area contributed by atoms with Gasteiger partial charge in [-0.25, -0.2) is 0 Å². The molecule has 0 heterocycles. The fourth-order valence-electron chi connectivity index (χ4n) is 1.22. The number of hydrogen-bond donors (Lipinski definition) is 2. The number of carbonyl (C=O) groups excluding carboxylic acids is 1. The highest BCUT2D eigenvalue weighted by molar-refractivity contribution is 5.82. The van der Waals surface area contributed by atoms with Crippen molar-refractivity contribution in [1.82, 2.24) is 4.90 Å². The minimum Gasteiger partial charge on any atom is -0.395 e. The number of amides is 1. The van der Waals surface area contributed by atoms with Gasteiger partial charge in [-0.15, -0.1) is 0 Å². The van der Waals surface area contributed by atoms with Crippen LogP contribution < -0.4 is 5.73 Å². The van der Waals surface area contributed by atoms with E-state index in [4.69, 9.17) is 10.8 Å². The lowest BCUT2D eigenvalue weighted by atomic mass is 9.92. The third-order valence-electron chi connectivity index (χ3n) is 2.24. The van der Waals surface area contributed by atoms with Crippen molar-refractivity contribution >= 4 is 5.91 Å². The first-order valence-corrected chi connectivity index (χ1v) is 5.10. The van der Waals surface area contributed by atoms with E-state index in [0.717, 1.165) is 6.42 Å². The summed E-state index contributed by atoms with van der Waals surface area (Å²) in [5, 5.41) is 8.83. The Morgan fingerprint density at radius 1 is 1.43 bits per heavy atom. The van der Waals surface area contributed by atoms with E-state index in [-0.39, 0.29) is 12.5 Å². The number of rotatable bonds is 6. The van der Waals surface area contributed by atoms with E-state index in [1.807, 2.05) is 20.8 Å². The van der Waals surface area contributed by atoms with Crippen LogP contribution in [0.2, 0.25) is 0 Å². The van der Waals surface area contributed by atoms with Crippen LogP contribution in [-0.4, -0.2) is 42.2 Å². The number of carbonyl (C=O) groups is 1. The Labute approximate surface area is 86.1 Å². The minimum atomic E-state index is -0.523. The van der Waals surface area contributed by atoms with Crippen LogP contribution in [0.4, 0.5) is 0 Å². The lowest BCUT2D eigenvalue weighted by molar-refractivity contribution is -0.140. The molecule has 0 atom stereocenters. The van der Waals surface area contributed by atoms with Gasteiger partial charge in [0.15, 0.2) is 0 Å². The molecule has 0 saturated carbocycles. The van der Waals surface area contributed by atoms with Crippen LogP contribution in [0.1, 0.15) is 27.2 Å². The van der Waals surface area contributed by atoms with Crippen LogP contribution in [0.3, 0.4) is 0 Å². The fraction of sp³-hybridized carbons (Fsp3) is 0.900. The molecule has 0 aromatic rings. The van der Waals surface area contributed by atoms with E-state index in [1.54, 1.807) is 4.90 Å². The molecule has 14 heavy (non-hydrogen) atoms. The molecule has 4 nitrogen and oxygen atoms in total. The summed E-state index contributed by atoms with van der Waals surface area (Å²) in [5.41, 5.74) is 5.00. The highest BCUT2D eigenvalue weighted by atomic mass is 16.3. The maximum Gasteiger partial charge on any atom is 0.229 e. The van der Waals surface area contributed by atoms with Gasteiger partial charge in [-0.2, -0.15) is 0 Å². The van der Waals surface area contributed by atoms with E-state index < -0.39 is 5.41 Å². The van der Waals surface area contributed by atoms with Crippen LogP contribution in [-0.2, 0) is 4.79 Å². The van der Waals surface area contributed by atoms with Gasteiger partial charge in [0.2, 0.25) is 5.91 Å². The molecule has 3 N–H and O–H groups in total. The zero-order valence-electron chi connectivity index (χ0n) is 9.42. The largest absolute Gasteiger partial charge is 0.395 e. The predicted molar refractivity (Wildman–Crippen MR) is 56.8 cm³/mol. The van der Waals surface area contributed by atoms with Crippen molar-refractivity contribution in [2.24, 2.45) is 11.1 Å². The van der Waals surface area contributed by atoms with Crippen molar-refractivity contribution < 1.29 is 9.90 Å². The molecule has 0 rings (SSSR count). The highest BCUT2D eigenvalue weighted by Crippen LogP contribution is 2.16. The Morgan fingerprint density at radius 2 is 2.00 bits per heavy atom. The van der Waals surface area contributed by atoms with Crippen LogP contribution in [0.25, 0.3) is 0 Å². The molecule has 0 fully saturated rings. The van der Waals surface area contributed by atoms with Gasteiger partial charge >= 0.3 is 0 Å². The van der Waals surface area contributed by atoms with Gasteiger partial charge in [0.05, 0.1) is 12.0 Å². The van der Waals surface area contributed by atoms with Crippen LogP contribution >= 0.6 is 0 Å². The van der Waals surface area contributed by atoms with E-state index in [2.05, 4.69) is 0 Å². The average Bonchev–Trinajstić information content (AvgIpc) is 2.16. The molecule has 0 radical (unpaired) electrons. The maximum atomic E-state index is 11.9. The van der Waals surface area contributed by atoms with Gasteiger partial charge < -0.3 is 15.7 Å².